The normalized spacial score (nSPS) is 18.3. The first-order valence-electron chi connectivity index (χ1n) is 7.03. The van der Waals surface area contributed by atoms with Gasteiger partial charge in [0.05, 0.1) is 11.8 Å². The van der Waals surface area contributed by atoms with Crippen molar-refractivity contribution in [3.63, 3.8) is 0 Å². The molecule has 0 bridgehead atoms. The average molecular weight is 313 g/mol. The Hall–Kier alpha value is -1.89. The molecule has 0 saturated heterocycles. The molecule has 1 aliphatic rings. The van der Waals surface area contributed by atoms with Crippen molar-refractivity contribution in [2.75, 3.05) is 0 Å². The summed E-state index contributed by atoms with van der Waals surface area (Å²) in [4.78, 5) is 0. The first-order chi connectivity index (χ1) is 10.4. The molecule has 1 aromatic carbocycles. The maximum atomic E-state index is 13.2. The Kier molecular flexibility index (Phi) is 3.90. The van der Waals surface area contributed by atoms with Crippen LogP contribution in [0.2, 0.25) is 0 Å². The van der Waals surface area contributed by atoms with Crippen molar-refractivity contribution in [3.8, 4) is 0 Å². The molecule has 0 aliphatic heterocycles. The van der Waals surface area contributed by atoms with Crippen LogP contribution in [0, 0.1) is 5.82 Å². The molecule has 0 saturated carbocycles. The number of halogens is 4. The standard InChI is InChI=1S/C15H15F4N3/c16-13-4-1-9(5-12(13)15(17,18)19)7-20-11-3-2-10-8-21-22-14(10)6-11/h1,4-5,8,11,20H,2-3,6-7H2,(H,21,22)/t11-/m0/s1. The zero-order valence-electron chi connectivity index (χ0n) is 11.7. The number of aryl methyl sites for hydroxylation is 1. The Bertz CT molecular complexity index is 663. The predicted molar refractivity (Wildman–Crippen MR) is 72.6 cm³/mol. The summed E-state index contributed by atoms with van der Waals surface area (Å²) in [6, 6.07) is 3.29. The maximum absolute atomic E-state index is 13.2. The summed E-state index contributed by atoms with van der Waals surface area (Å²) < 4.78 is 51.3. The van der Waals surface area contributed by atoms with Crippen molar-refractivity contribution in [1.29, 1.82) is 0 Å². The Morgan fingerprint density at radius 2 is 2.14 bits per heavy atom. The minimum Gasteiger partial charge on any atom is -0.310 e. The molecule has 3 rings (SSSR count). The molecule has 0 fully saturated rings. The Labute approximate surface area is 124 Å². The number of hydrogen-bond donors (Lipinski definition) is 2. The lowest BCUT2D eigenvalue weighted by atomic mass is 9.93. The van der Waals surface area contributed by atoms with E-state index in [4.69, 9.17) is 0 Å². The van der Waals surface area contributed by atoms with Crippen molar-refractivity contribution in [1.82, 2.24) is 15.5 Å². The van der Waals surface area contributed by atoms with Crippen LogP contribution < -0.4 is 5.32 Å². The van der Waals surface area contributed by atoms with Gasteiger partial charge in [-0.2, -0.15) is 18.3 Å². The van der Waals surface area contributed by atoms with Gasteiger partial charge in [-0.15, -0.1) is 0 Å². The summed E-state index contributed by atoms with van der Waals surface area (Å²) >= 11 is 0. The van der Waals surface area contributed by atoms with E-state index in [1.165, 1.54) is 11.6 Å². The molecular weight excluding hydrogens is 298 g/mol. The van der Waals surface area contributed by atoms with Crippen LogP contribution in [0.1, 0.15) is 28.8 Å². The largest absolute Gasteiger partial charge is 0.419 e. The lowest BCUT2D eigenvalue weighted by Crippen LogP contribution is -2.34. The number of H-pyrrole nitrogens is 1. The van der Waals surface area contributed by atoms with Crippen LogP contribution in [0.3, 0.4) is 0 Å². The molecular formula is C15H15F4N3. The topological polar surface area (TPSA) is 40.7 Å². The summed E-state index contributed by atoms with van der Waals surface area (Å²) in [6.07, 6.45) is -0.305. The third kappa shape index (κ3) is 3.14. The fraction of sp³-hybridized carbons (Fsp3) is 0.400. The van der Waals surface area contributed by atoms with Gasteiger partial charge in [0.1, 0.15) is 5.82 Å². The fourth-order valence-electron chi connectivity index (χ4n) is 2.74. The highest BCUT2D eigenvalue weighted by Gasteiger charge is 2.34. The quantitative estimate of drug-likeness (QED) is 0.854. The number of fused-ring (bicyclic) bond motifs is 1. The van der Waals surface area contributed by atoms with Crippen molar-refractivity contribution >= 4 is 0 Å². The Morgan fingerprint density at radius 3 is 2.91 bits per heavy atom. The molecule has 0 amide bonds. The summed E-state index contributed by atoms with van der Waals surface area (Å²) in [5.41, 5.74) is 1.47. The summed E-state index contributed by atoms with van der Waals surface area (Å²) in [5, 5.41) is 10.1. The summed E-state index contributed by atoms with van der Waals surface area (Å²) in [6.45, 7) is 0.275. The van der Waals surface area contributed by atoms with E-state index in [9.17, 15) is 17.6 Å². The zero-order valence-corrected chi connectivity index (χ0v) is 11.7. The van der Waals surface area contributed by atoms with Crippen LogP contribution in [-0.4, -0.2) is 16.2 Å². The molecule has 2 N–H and O–H groups in total. The maximum Gasteiger partial charge on any atom is 0.419 e. The zero-order chi connectivity index (χ0) is 15.7. The van der Waals surface area contributed by atoms with E-state index in [1.807, 2.05) is 0 Å². The number of aromatic nitrogens is 2. The Balaban J connectivity index is 1.65. The number of nitrogens with one attached hydrogen (secondary N) is 2. The van der Waals surface area contributed by atoms with Crippen molar-refractivity contribution in [2.45, 2.75) is 38.0 Å². The van der Waals surface area contributed by atoms with Gasteiger partial charge in [-0.25, -0.2) is 4.39 Å². The number of alkyl halides is 3. The van der Waals surface area contributed by atoms with Crippen LogP contribution in [-0.2, 0) is 25.6 Å². The van der Waals surface area contributed by atoms with Gasteiger partial charge in [0.2, 0.25) is 0 Å². The molecule has 0 radical (unpaired) electrons. The van der Waals surface area contributed by atoms with Gasteiger partial charge in [0.15, 0.2) is 0 Å². The second-order valence-electron chi connectivity index (χ2n) is 5.51. The van der Waals surface area contributed by atoms with Gasteiger partial charge in [-0.3, -0.25) is 5.10 Å². The predicted octanol–water partition coefficient (Wildman–Crippen LogP) is 3.21. The minimum absolute atomic E-state index is 0.173. The number of rotatable bonds is 3. The lowest BCUT2D eigenvalue weighted by molar-refractivity contribution is -0.140. The van der Waals surface area contributed by atoms with Crippen LogP contribution in [0.4, 0.5) is 17.6 Å². The molecule has 118 valence electrons. The van der Waals surface area contributed by atoms with E-state index in [1.54, 1.807) is 6.20 Å². The van der Waals surface area contributed by atoms with E-state index < -0.39 is 17.6 Å². The molecule has 22 heavy (non-hydrogen) atoms. The van der Waals surface area contributed by atoms with E-state index in [0.29, 0.717) is 5.56 Å². The van der Waals surface area contributed by atoms with Gasteiger partial charge in [-0.05, 0) is 36.1 Å². The van der Waals surface area contributed by atoms with Crippen molar-refractivity contribution < 1.29 is 17.6 Å². The molecule has 0 spiro atoms. The van der Waals surface area contributed by atoms with Gasteiger partial charge in [0, 0.05) is 24.7 Å². The molecule has 7 heteroatoms. The number of nitrogens with zero attached hydrogens (tertiary/aromatic N) is 1. The van der Waals surface area contributed by atoms with Gasteiger partial charge >= 0.3 is 6.18 Å². The lowest BCUT2D eigenvalue weighted by Gasteiger charge is -2.23. The van der Waals surface area contributed by atoms with Crippen LogP contribution in [0.5, 0.6) is 0 Å². The first-order valence-corrected chi connectivity index (χ1v) is 7.03. The smallest absolute Gasteiger partial charge is 0.310 e. The van der Waals surface area contributed by atoms with E-state index in [2.05, 4.69) is 15.5 Å². The van der Waals surface area contributed by atoms with Crippen LogP contribution in [0.15, 0.2) is 24.4 Å². The van der Waals surface area contributed by atoms with E-state index in [-0.39, 0.29) is 12.6 Å². The second-order valence-corrected chi connectivity index (χ2v) is 5.51. The molecule has 2 aromatic rings. The second kappa shape index (κ2) is 5.72. The van der Waals surface area contributed by atoms with Crippen LogP contribution >= 0.6 is 0 Å². The number of aromatic amines is 1. The molecule has 1 atom stereocenters. The third-order valence-corrected chi connectivity index (χ3v) is 3.95. The molecule has 1 heterocycles. The third-order valence-electron chi connectivity index (χ3n) is 3.95. The van der Waals surface area contributed by atoms with Crippen molar-refractivity contribution in [3.05, 3.63) is 52.6 Å². The summed E-state index contributed by atoms with van der Waals surface area (Å²) in [5.74, 6) is -1.24. The molecule has 1 aromatic heterocycles. The molecule has 0 unspecified atom stereocenters. The average Bonchev–Trinajstić information content (AvgIpc) is 2.92. The van der Waals surface area contributed by atoms with E-state index in [0.717, 1.165) is 37.1 Å². The monoisotopic (exact) mass is 313 g/mol. The fourth-order valence-corrected chi connectivity index (χ4v) is 2.74. The minimum atomic E-state index is -4.67. The highest BCUT2D eigenvalue weighted by molar-refractivity contribution is 5.27. The number of benzene rings is 1. The van der Waals surface area contributed by atoms with Crippen molar-refractivity contribution in [2.24, 2.45) is 0 Å². The highest BCUT2D eigenvalue weighted by atomic mass is 19.4. The van der Waals surface area contributed by atoms with Gasteiger partial charge < -0.3 is 5.32 Å². The summed E-state index contributed by atoms with van der Waals surface area (Å²) in [7, 11) is 0. The molecule has 3 nitrogen and oxygen atoms in total. The Morgan fingerprint density at radius 1 is 1.32 bits per heavy atom. The van der Waals surface area contributed by atoms with Gasteiger partial charge in [0.25, 0.3) is 0 Å². The van der Waals surface area contributed by atoms with E-state index >= 15 is 0 Å². The SMILES string of the molecule is Fc1ccc(CN[C@H]2CCc3cn[nH]c3C2)cc1C(F)(F)F. The highest BCUT2D eigenvalue weighted by Crippen LogP contribution is 2.32. The first kappa shape index (κ1) is 15.0. The molecule has 1 aliphatic carbocycles. The van der Waals surface area contributed by atoms with Crippen LogP contribution in [0.25, 0.3) is 0 Å². The number of hydrogen-bond acceptors (Lipinski definition) is 2. The van der Waals surface area contributed by atoms with Gasteiger partial charge in [-0.1, -0.05) is 6.07 Å².